The molecule has 0 saturated carbocycles. The van der Waals surface area contributed by atoms with Gasteiger partial charge in [-0.3, -0.25) is 0 Å². The largest absolute Gasteiger partial charge is 0.375 e. The van der Waals surface area contributed by atoms with E-state index in [0.29, 0.717) is 0 Å². The summed E-state index contributed by atoms with van der Waals surface area (Å²) in [7, 11) is 0. The summed E-state index contributed by atoms with van der Waals surface area (Å²) in [5.74, 6) is 0. The maximum Gasteiger partial charge on any atom is 0.333 e. The van der Waals surface area contributed by atoms with Crippen LogP contribution in [0.3, 0.4) is 0 Å². The minimum Gasteiger partial charge on any atom is -0.375 e. The molecule has 15 aromatic rings. The highest BCUT2D eigenvalue weighted by Gasteiger charge is 2.48. The van der Waals surface area contributed by atoms with Gasteiger partial charge in [-0.25, -0.2) is 0 Å². The Labute approximate surface area is 500 Å². The second-order valence-electron chi connectivity index (χ2n) is 23.0. The third kappa shape index (κ3) is 7.01. The van der Waals surface area contributed by atoms with Crippen LogP contribution in [-0.2, 0) is 0 Å². The molecule has 0 unspecified atom stereocenters. The average molecular weight is 1090 g/mol. The predicted molar refractivity (Wildman–Crippen MR) is 374 cm³/mol. The van der Waals surface area contributed by atoms with Crippen molar-refractivity contribution >= 4 is 156 Å². The van der Waals surface area contributed by atoms with Gasteiger partial charge in [0.25, 0.3) is 0 Å². The van der Waals surface area contributed by atoms with E-state index in [4.69, 9.17) is 0 Å². The van der Waals surface area contributed by atoms with Crippen molar-refractivity contribution in [1.29, 1.82) is 0 Å². The minimum atomic E-state index is -0.0972. The lowest BCUT2D eigenvalue weighted by molar-refractivity contribution is 1.26. The molecule has 0 spiro atoms. The number of allylic oxidation sites excluding steroid dienone is 6. The SMILES string of the molecule is C=C/C=C\C.C=C/C=C\C.c1cc2c3c(c1)N(c1ccc4ccccc4c1)c1cc4ccccc4cc1B3n1c3ccccc3c3c4c5c(c-2c31)c1ccccc1n5B1c2cc3ccccc3cc2N(c2ccc3ccccc3c2)c2cccc-4c21. The molecular formula is C80H56B2N4. The quantitative estimate of drug-likeness (QED) is 0.129. The van der Waals surface area contributed by atoms with Gasteiger partial charge in [-0.2, -0.15) is 0 Å². The fourth-order valence-electron chi connectivity index (χ4n) is 15.2. The van der Waals surface area contributed by atoms with E-state index >= 15 is 0 Å². The van der Waals surface area contributed by atoms with Gasteiger partial charge in [-0.1, -0.05) is 232 Å². The summed E-state index contributed by atoms with van der Waals surface area (Å²) in [5, 5.41) is 15.1. The molecule has 0 saturated heterocycles. The summed E-state index contributed by atoms with van der Waals surface area (Å²) >= 11 is 0. The van der Waals surface area contributed by atoms with E-state index in [1.54, 1.807) is 12.2 Å². The van der Waals surface area contributed by atoms with E-state index in [1.807, 2.05) is 38.2 Å². The lowest BCUT2D eigenvalue weighted by atomic mass is 9.44. The average Bonchev–Trinajstić information content (AvgIpc) is 1.42. The van der Waals surface area contributed by atoms with Gasteiger partial charge >= 0.3 is 13.7 Å². The van der Waals surface area contributed by atoms with Crippen molar-refractivity contribution in [2.75, 3.05) is 9.80 Å². The second kappa shape index (κ2) is 19.4. The van der Waals surface area contributed by atoms with Gasteiger partial charge in [0.05, 0.1) is 0 Å². The van der Waals surface area contributed by atoms with E-state index < -0.39 is 0 Å². The lowest BCUT2D eigenvalue weighted by Gasteiger charge is -2.42. The zero-order valence-electron chi connectivity index (χ0n) is 47.9. The fourth-order valence-corrected chi connectivity index (χ4v) is 15.2. The Hall–Kier alpha value is -10.8. The number of hydrogen-bond donors (Lipinski definition) is 0. The highest BCUT2D eigenvalue weighted by Crippen LogP contribution is 2.56. The van der Waals surface area contributed by atoms with Crippen LogP contribution in [-0.4, -0.2) is 22.7 Å². The Bertz CT molecular complexity index is 5140. The molecule has 4 aliphatic heterocycles. The summed E-state index contributed by atoms with van der Waals surface area (Å²) in [6.07, 6.45) is 11.2. The summed E-state index contributed by atoms with van der Waals surface area (Å²) in [5.41, 5.74) is 22.9. The molecule has 0 fully saturated rings. The Kier molecular flexibility index (Phi) is 11.2. The van der Waals surface area contributed by atoms with Gasteiger partial charge in [0.15, 0.2) is 0 Å². The van der Waals surface area contributed by atoms with Crippen LogP contribution < -0.4 is 31.7 Å². The summed E-state index contributed by atoms with van der Waals surface area (Å²) < 4.78 is 5.53. The molecule has 0 N–H and O–H groups in total. The van der Waals surface area contributed by atoms with Crippen molar-refractivity contribution in [1.82, 2.24) is 8.96 Å². The molecule has 402 valence electrons. The molecule has 2 aromatic heterocycles. The zero-order chi connectivity index (χ0) is 57.3. The molecule has 86 heavy (non-hydrogen) atoms. The van der Waals surface area contributed by atoms with E-state index in [9.17, 15) is 0 Å². The fraction of sp³-hybridized carbons (Fsp3) is 0.0250. The van der Waals surface area contributed by atoms with Crippen LogP contribution in [0.15, 0.2) is 292 Å². The molecule has 4 nitrogen and oxygen atoms in total. The van der Waals surface area contributed by atoms with Crippen molar-refractivity contribution in [3.05, 3.63) is 292 Å². The molecule has 19 rings (SSSR count). The molecule has 0 amide bonds. The molecule has 6 heterocycles. The minimum absolute atomic E-state index is 0.0972. The number of aromatic nitrogens is 2. The molecule has 0 aliphatic carbocycles. The topological polar surface area (TPSA) is 16.3 Å². The van der Waals surface area contributed by atoms with E-state index in [-0.39, 0.29) is 13.7 Å². The molecule has 6 heteroatoms. The smallest absolute Gasteiger partial charge is 0.333 e. The standard InChI is InChI=1S/C70H40B2N4.2C5H8/c1-3-17-43-35-49(33-31-41(43)15-1)73-59-29-13-25-53-65-63-52-24-10-12-28-58(52)76-70(63)66(64-51-23-9-11-27-57(51)75(69(64)65)71(67(53)59)55-37-45-19-5-7-21-47(45)39-61(55)73)54-26-14-30-60-68(54)72(76)56-38-46-20-6-8-22-48(46)40-62(56)74(60)50-34-32-42-16-2-4-18-44(42)36-50;2*1-3-5-4-2/h1-40H;2*3-5H,1H2,2H3/b;2*5-4-. The molecule has 13 aromatic carbocycles. The van der Waals surface area contributed by atoms with Crippen LogP contribution in [0, 0.1) is 0 Å². The molecule has 0 atom stereocenters. The van der Waals surface area contributed by atoms with Gasteiger partial charge in [-0.05, 0) is 151 Å². The number of anilines is 6. The third-order valence-electron chi connectivity index (χ3n) is 18.5. The number of para-hydroxylation sites is 2. The first-order valence-corrected chi connectivity index (χ1v) is 29.9. The first kappa shape index (κ1) is 49.8. The Morgan fingerprint density at radius 1 is 0.337 bits per heavy atom. The van der Waals surface area contributed by atoms with Gasteiger partial charge in [0.1, 0.15) is 0 Å². The van der Waals surface area contributed by atoms with Crippen molar-refractivity contribution in [3.63, 3.8) is 0 Å². The van der Waals surface area contributed by atoms with Crippen LogP contribution >= 0.6 is 0 Å². The highest BCUT2D eigenvalue weighted by atomic mass is 15.2. The maximum absolute atomic E-state index is 3.46. The summed E-state index contributed by atoms with van der Waals surface area (Å²) in [6, 6.07) is 92.2. The number of rotatable bonds is 4. The monoisotopic (exact) mass is 1090 g/mol. The van der Waals surface area contributed by atoms with Crippen LogP contribution in [0.2, 0.25) is 0 Å². The third-order valence-corrected chi connectivity index (χ3v) is 18.5. The first-order chi connectivity index (χ1) is 42.6. The van der Waals surface area contributed by atoms with Crippen molar-refractivity contribution in [3.8, 4) is 22.3 Å². The Balaban J connectivity index is 0.000000538. The van der Waals surface area contributed by atoms with E-state index in [0.717, 1.165) is 11.4 Å². The number of fused-ring (bicyclic) bond motifs is 20. The van der Waals surface area contributed by atoms with Crippen LogP contribution in [0.25, 0.3) is 109 Å². The van der Waals surface area contributed by atoms with Gasteiger partial charge in [0.2, 0.25) is 0 Å². The molecule has 0 radical (unpaired) electrons. The first-order valence-electron chi connectivity index (χ1n) is 29.9. The lowest BCUT2D eigenvalue weighted by Crippen LogP contribution is -2.57. The van der Waals surface area contributed by atoms with Gasteiger partial charge < -0.3 is 18.8 Å². The Morgan fingerprint density at radius 2 is 0.698 bits per heavy atom. The van der Waals surface area contributed by atoms with Crippen LogP contribution in [0.5, 0.6) is 0 Å². The van der Waals surface area contributed by atoms with Crippen molar-refractivity contribution in [2.24, 2.45) is 0 Å². The van der Waals surface area contributed by atoms with E-state index in [1.165, 1.54) is 154 Å². The zero-order valence-corrected chi connectivity index (χ0v) is 47.9. The van der Waals surface area contributed by atoms with Gasteiger partial charge in [0, 0.05) is 88.9 Å². The van der Waals surface area contributed by atoms with E-state index in [2.05, 4.69) is 275 Å². The summed E-state index contributed by atoms with van der Waals surface area (Å²) in [6.45, 7) is 10.7. The molecule has 0 bridgehead atoms. The van der Waals surface area contributed by atoms with Crippen molar-refractivity contribution < 1.29 is 0 Å². The highest BCUT2D eigenvalue weighted by molar-refractivity contribution is 6.92. The normalized spacial score (nSPS) is 13.1. The predicted octanol–water partition coefficient (Wildman–Crippen LogP) is 18.8. The maximum atomic E-state index is 3.46. The number of benzene rings is 13. The van der Waals surface area contributed by atoms with Crippen LogP contribution in [0.1, 0.15) is 13.8 Å². The molecular weight excluding hydrogens is 1040 g/mol. The van der Waals surface area contributed by atoms with Gasteiger partial charge in [-0.15, -0.1) is 0 Å². The van der Waals surface area contributed by atoms with Crippen molar-refractivity contribution in [2.45, 2.75) is 13.8 Å². The number of hydrogen-bond acceptors (Lipinski definition) is 2. The van der Waals surface area contributed by atoms with Crippen LogP contribution in [0.4, 0.5) is 34.1 Å². The second-order valence-corrected chi connectivity index (χ2v) is 23.0. The Morgan fingerprint density at radius 3 is 1.08 bits per heavy atom. The molecule has 4 aliphatic rings. The number of nitrogens with zero attached hydrogens (tertiary/aromatic N) is 4. The summed E-state index contributed by atoms with van der Waals surface area (Å²) in [4.78, 5) is 5.13.